The fourth-order valence-corrected chi connectivity index (χ4v) is 2.98. The second-order valence-electron chi connectivity index (χ2n) is 6.33. The smallest absolute Gasteiger partial charge is 0.319 e. The SMILES string of the molecule is COc1cc(C(=O)NC2CCN(C(=O)N(C)C)CC2)cc(OC)c1OC. The lowest BCUT2D eigenvalue weighted by Crippen LogP contribution is -2.49. The molecule has 0 spiro atoms. The summed E-state index contributed by atoms with van der Waals surface area (Å²) < 4.78 is 15.9. The molecule has 0 bridgehead atoms. The molecule has 0 unspecified atom stereocenters. The van der Waals surface area contributed by atoms with E-state index in [1.165, 1.54) is 21.3 Å². The van der Waals surface area contributed by atoms with Crippen molar-refractivity contribution in [1.29, 1.82) is 0 Å². The van der Waals surface area contributed by atoms with Crippen LogP contribution in [0.1, 0.15) is 23.2 Å². The molecule has 1 heterocycles. The number of hydrogen-bond donors (Lipinski definition) is 1. The van der Waals surface area contributed by atoms with E-state index in [0.717, 1.165) is 12.8 Å². The van der Waals surface area contributed by atoms with Gasteiger partial charge in [-0.2, -0.15) is 0 Å². The molecule has 0 saturated carbocycles. The van der Waals surface area contributed by atoms with Gasteiger partial charge in [0.2, 0.25) is 5.75 Å². The summed E-state index contributed by atoms with van der Waals surface area (Å²) in [6.45, 7) is 1.24. The van der Waals surface area contributed by atoms with Crippen LogP contribution in [-0.2, 0) is 0 Å². The van der Waals surface area contributed by atoms with E-state index in [-0.39, 0.29) is 18.0 Å². The molecule has 1 aliphatic heterocycles. The predicted molar refractivity (Wildman–Crippen MR) is 97.2 cm³/mol. The van der Waals surface area contributed by atoms with E-state index >= 15 is 0 Å². The van der Waals surface area contributed by atoms with Crippen LogP contribution in [0.4, 0.5) is 4.79 Å². The Kier molecular flexibility index (Phi) is 6.54. The first-order valence-electron chi connectivity index (χ1n) is 8.48. The second-order valence-corrected chi connectivity index (χ2v) is 6.33. The van der Waals surface area contributed by atoms with Gasteiger partial charge in [0.25, 0.3) is 5.91 Å². The average Bonchev–Trinajstić information content (AvgIpc) is 2.66. The van der Waals surface area contributed by atoms with Crippen molar-refractivity contribution in [2.75, 3.05) is 48.5 Å². The number of nitrogens with zero attached hydrogens (tertiary/aromatic N) is 2. The van der Waals surface area contributed by atoms with Crippen LogP contribution in [0.25, 0.3) is 0 Å². The number of amides is 3. The predicted octanol–water partition coefficient (Wildman–Crippen LogP) is 1.59. The number of nitrogens with one attached hydrogen (secondary N) is 1. The molecule has 1 N–H and O–H groups in total. The summed E-state index contributed by atoms with van der Waals surface area (Å²) in [5.74, 6) is 1.11. The molecule has 0 aliphatic carbocycles. The van der Waals surface area contributed by atoms with Gasteiger partial charge in [0.15, 0.2) is 11.5 Å². The summed E-state index contributed by atoms with van der Waals surface area (Å²) in [6.07, 6.45) is 1.44. The summed E-state index contributed by atoms with van der Waals surface area (Å²) >= 11 is 0. The van der Waals surface area contributed by atoms with Gasteiger partial charge in [0.05, 0.1) is 21.3 Å². The van der Waals surface area contributed by atoms with E-state index in [0.29, 0.717) is 35.9 Å². The molecule has 1 aromatic carbocycles. The number of hydrogen-bond acceptors (Lipinski definition) is 5. The van der Waals surface area contributed by atoms with Crippen molar-refractivity contribution in [2.24, 2.45) is 0 Å². The first-order valence-corrected chi connectivity index (χ1v) is 8.48. The lowest BCUT2D eigenvalue weighted by atomic mass is 10.0. The molecule has 0 atom stereocenters. The maximum atomic E-state index is 12.6. The number of benzene rings is 1. The Hall–Kier alpha value is -2.64. The molecular weight excluding hydrogens is 338 g/mol. The molecule has 1 fully saturated rings. The molecule has 0 radical (unpaired) electrons. The Morgan fingerprint density at radius 2 is 1.58 bits per heavy atom. The van der Waals surface area contributed by atoms with Crippen LogP contribution in [-0.4, -0.2) is 76.3 Å². The third kappa shape index (κ3) is 4.30. The van der Waals surface area contributed by atoms with Gasteiger partial charge in [-0.15, -0.1) is 0 Å². The molecule has 2 rings (SSSR count). The van der Waals surface area contributed by atoms with E-state index in [1.54, 1.807) is 36.0 Å². The van der Waals surface area contributed by atoms with Crippen molar-refractivity contribution >= 4 is 11.9 Å². The summed E-state index contributed by atoms with van der Waals surface area (Å²) in [5, 5.41) is 3.02. The van der Waals surface area contributed by atoms with Gasteiger partial charge in [-0.25, -0.2) is 4.79 Å². The highest BCUT2D eigenvalue weighted by Gasteiger charge is 2.25. The van der Waals surface area contributed by atoms with Crippen molar-refractivity contribution in [3.8, 4) is 17.2 Å². The Labute approximate surface area is 154 Å². The van der Waals surface area contributed by atoms with Crippen molar-refractivity contribution in [3.63, 3.8) is 0 Å². The van der Waals surface area contributed by atoms with Gasteiger partial charge in [0, 0.05) is 38.8 Å². The second kappa shape index (κ2) is 8.64. The quantitative estimate of drug-likeness (QED) is 0.857. The molecule has 26 heavy (non-hydrogen) atoms. The van der Waals surface area contributed by atoms with Crippen LogP contribution in [0.3, 0.4) is 0 Å². The van der Waals surface area contributed by atoms with E-state index < -0.39 is 0 Å². The lowest BCUT2D eigenvalue weighted by molar-refractivity contribution is 0.0913. The Morgan fingerprint density at radius 3 is 2.00 bits per heavy atom. The first-order chi connectivity index (χ1) is 12.4. The average molecular weight is 365 g/mol. The molecule has 8 heteroatoms. The molecule has 3 amide bonds. The lowest BCUT2D eigenvalue weighted by Gasteiger charge is -2.34. The third-order valence-corrected chi connectivity index (χ3v) is 4.41. The van der Waals surface area contributed by atoms with E-state index in [4.69, 9.17) is 14.2 Å². The van der Waals surface area contributed by atoms with Crippen molar-refractivity contribution in [2.45, 2.75) is 18.9 Å². The summed E-state index contributed by atoms with van der Waals surface area (Å²) in [6, 6.07) is 3.27. The normalized spacial score (nSPS) is 14.6. The number of carbonyl (C=O) groups excluding carboxylic acids is 2. The maximum Gasteiger partial charge on any atom is 0.319 e. The van der Waals surface area contributed by atoms with Crippen molar-refractivity contribution in [1.82, 2.24) is 15.1 Å². The molecule has 8 nitrogen and oxygen atoms in total. The van der Waals surface area contributed by atoms with Crippen LogP contribution in [0.15, 0.2) is 12.1 Å². The van der Waals surface area contributed by atoms with E-state index in [1.807, 2.05) is 0 Å². The molecular formula is C18H27N3O5. The van der Waals surface area contributed by atoms with Gasteiger partial charge in [-0.3, -0.25) is 4.79 Å². The zero-order valence-electron chi connectivity index (χ0n) is 16.0. The first kappa shape index (κ1) is 19.7. The molecule has 1 aromatic rings. The number of carbonyl (C=O) groups is 2. The zero-order chi connectivity index (χ0) is 19.3. The summed E-state index contributed by atoms with van der Waals surface area (Å²) in [5.41, 5.74) is 0.436. The van der Waals surface area contributed by atoms with Gasteiger partial charge in [-0.1, -0.05) is 0 Å². The number of methoxy groups -OCH3 is 3. The molecule has 144 valence electrons. The van der Waals surface area contributed by atoms with Crippen LogP contribution < -0.4 is 19.5 Å². The van der Waals surface area contributed by atoms with Crippen LogP contribution in [0.5, 0.6) is 17.2 Å². The van der Waals surface area contributed by atoms with Crippen molar-refractivity contribution < 1.29 is 23.8 Å². The minimum absolute atomic E-state index is 0.000552. The minimum atomic E-state index is -0.207. The highest BCUT2D eigenvalue weighted by molar-refractivity contribution is 5.95. The number of likely N-dealkylation sites (tertiary alicyclic amines) is 1. The number of rotatable bonds is 5. The Morgan fingerprint density at radius 1 is 1.04 bits per heavy atom. The maximum absolute atomic E-state index is 12.6. The van der Waals surface area contributed by atoms with Gasteiger partial charge < -0.3 is 29.3 Å². The topological polar surface area (TPSA) is 80.3 Å². The summed E-state index contributed by atoms with van der Waals surface area (Å²) in [7, 11) is 8.01. The summed E-state index contributed by atoms with van der Waals surface area (Å²) in [4.78, 5) is 28.0. The Bertz CT molecular complexity index is 629. The van der Waals surface area contributed by atoms with E-state index in [2.05, 4.69) is 5.32 Å². The fourth-order valence-electron chi connectivity index (χ4n) is 2.98. The highest BCUT2D eigenvalue weighted by Crippen LogP contribution is 2.38. The number of urea groups is 1. The monoisotopic (exact) mass is 365 g/mol. The molecule has 1 saturated heterocycles. The minimum Gasteiger partial charge on any atom is -0.493 e. The number of ether oxygens (including phenoxy) is 3. The van der Waals surface area contributed by atoms with Crippen LogP contribution in [0, 0.1) is 0 Å². The third-order valence-electron chi connectivity index (χ3n) is 4.41. The standard InChI is InChI=1S/C18H27N3O5/c1-20(2)18(23)21-8-6-13(7-9-21)19-17(22)12-10-14(24-3)16(26-5)15(11-12)25-4/h10-11,13H,6-9H2,1-5H3,(H,19,22). The number of piperidine rings is 1. The van der Waals surface area contributed by atoms with E-state index in [9.17, 15) is 9.59 Å². The van der Waals surface area contributed by atoms with Crippen LogP contribution in [0.2, 0.25) is 0 Å². The molecule has 0 aromatic heterocycles. The van der Waals surface area contributed by atoms with Crippen molar-refractivity contribution in [3.05, 3.63) is 17.7 Å². The highest BCUT2D eigenvalue weighted by atomic mass is 16.5. The zero-order valence-corrected chi connectivity index (χ0v) is 16.0. The fraction of sp³-hybridized carbons (Fsp3) is 0.556. The van der Waals surface area contributed by atoms with Gasteiger partial charge in [0.1, 0.15) is 0 Å². The largest absolute Gasteiger partial charge is 0.493 e. The van der Waals surface area contributed by atoms with Gasteiger partial charge in [-0.05, 0) is 25.0 Å². The van der Waals surface area contributed by atoms with Gasteiger partial charge >= 0.3 is 6.03 Å². The van der Waals surface area contributed by atoms with Crippen LogP contribution >= 0.6 is 0 Å². The Balaban J connectivity index is 2.04. The molecule has 1 aliphatic rings.